The predicted molar refractivity (Wildman–Crippen MR) is 172 cm³/mol. The van der Waals surface area contributed by atoms with Crippen LogP contribution < -0.4 is 30.3 Å². The number of carbonyl (C=O) groups excluding carboxylic acids is 3. The molecule has 3 aromatic carbocycles. The number of benzene rings is 3. The molecular weight excluding hydrogens is 607 g/mol. The van der Waals surface area contributed by atoms with Gasteiger partial charge >= 0.3 is 0 Å². The quantitative estimate of drug-likeness (QED) is 0.141. The number of hydrogen-bond donors (Lipinski definition) is 3. The molecular formula is C32H36Cl2N4O6. The first-order valence-corrected chi connectivity index (χ1v) is 14.8. The molecule has 3 aromatic rings. The Kier molecular flexibility index (Phi) is 13.3. The first-order valence-electron chi connectivity index (χ1n) is 14.0. The van der Waals surface area contributed by atoms with E-state index in [0.717, 1.165) is 0 Å². The lowest BCUT2D eigenvalue weighted by molar-refractivity contribution is -0.132. The second-order valence-electron chi connectivity index (χ2n) is 10.1. The Balaban J connectivity index is 1.59. The monoisotopic (exact) mass is 642 g/mol. The minimum Gasteiger partial charge on any atom is -0.490 e. The summed E-state index contributed by atoms with van der Waals surface area (Å²) in [7, 11) is 0. The van der Waals surface area contributed by atoms with Crippen molar-refractivity contribution in [2.45, 2.75) is 46.3 Å². The predicted octanol–water partition coefficient (Wildman–Crippen LogP) is 5.86. The van der Waals surface area contributed by atoms with Crippen LogP contribution in [0.1, 0.15) is 39.7 Å². The molecule has 12 heteroatoms. The number of nitrogens with one attached hydrogen (secondary N) is 3. The molecule has 0 radical (unpaired) electrons. The number of hydrazone groups is 1. The van der Waals surface area contributed by atoms with Gasteiger partial charge in [-0.25, -0.2) is 5.43 Å². The van der Waals surface area contributed by atoms with Gasteiger partial charge in [0.1, 0.15) is 11.8 Å². The maximum absolute atomic E-state index is 13.0. The summed E-state index contributed by atoms with van der Waals surface area (Å²) < 4.78 is 17.0. The number of halogens is 2. The summed E-state index contributed by atoms with van der Waals surface area (Å²) in [6.07, 6.45) is 0.885. The number of ether oxygens (including phenoxy) is 3. The van der Waals surface area contributed by atoms with Crippen molar-refractivity contribution in [1.29, 1.82) is 0 Å². The molecule has 3 amide bonds. The summed E-state index contributed by atoms with van der Waals surface area (Å²) in [6.45, 7) is 7.42. The second kappa shape index (κ2) is 17.1. The van der Waals surface area contributed by atoms with E-state index in [-0.39, 0.29) is 23.5 Å². The Morgan fingerprint density at radius 3 is 2.30 bits per heavy atom. The molecule has 44 heavy (non-hydrogen) atoms. The lowest BCUT2D eigenvalue weighted by atomic mass is 10.0. The van der Waals surface area contributed by atoms with E-state index in [0.29, 0.717) is 46.5 Å². The van der Waals surface area contributed by atoms with Gasteiger partial charge < -0.3 is 24.8 Å². The van der Waals surface area contributed by atoms with Crippen molar-refractivity contribution >= 4 is 52.8 Å². The molecule has 0 spiro atoms. The van der Waals surface area contributed by atoms with Gasteiger partial charge in [-0.2, -0.15) is 5.10 Å². The summed E-state index contributed by atoms with van der Waals surface area (Å²) in [6, 6.07) is 17.9. The minimum atomic E-state index is -0.929. The number of anilines is 1. The maximum atomic E-state index is 13.0. The first-order chi connectivity index (χ1) is 21.0. The van der Waals surface area contributed by atoms with Gasteiger partial charge in [0.05, 0.1) is 17.8 Å². The Bertz CT molecular complexity index is 1450. The van der Waals surface area contributed by atoms with Crippen LogP contribution in [0.2, 0.25) is 10.0 Å². The van der Waals surface area contributed by atoms with Crippen LogP contribution in [0.3, 0.4) is 0 Å². The maximum Gasteiger partial charge on any atom is 0.262 e. The lowest BCUT2D eigenvalue weighted by Crippen LogP contribution is -2.49. The average molecular weight is 644 g/mol. The molecule has 2 atom stereocenters. The topological polar surface area (TPSA) is 127 Å². The molecule has 3 N–H and O–H groups in total. The third kappa shape index (κ3) is 11.1. The van der Waals surface area contributed by atoms with Crippen molar-refractivity contribution in [3.05, 3.63) is 82.3 Å². The molecule has 0 heterocycles. The zero-order valence-corrected chi connectivity index (χ0v) is 26.4. The fraction of sp³-hybridized carbons (Fsp3) is 0.312. The lowest BCUT2D eigenvalue weighted by Gasteiger charge is -2.22. The van der Waals surface area contributed by atoms with E-state index in [9.17, 15) is 14.4 Å². The Morgan fingerprint density at radius 1 is 0.886 bits per heavy atom. The van der Waals surface area contributed by atoms with E-state index in [1.54, 1.807) is 49.4 Å². The van der Waals surface area contributed by atoms with Crippen LogP contribution in [0, 0.1) is 5.92 Å². The van der Waals surface area contributed by atoms with E-state index in [1.165, 1.54) is 12.3 Å². The van der Waals surface area contributed by atoms with Crippen molar-refractivity contribution in [3.63, 3.8) is 0 Å². The summed E-state index contributed by atoms with van der Waals surface area (Å²) in [5.41, 5.74) is 3.77. The Hall–Kier alpha value is -4.28. The van der Waals surface area contributed by atoms with Gasteiger partial charge in [-0.05, 0) is 80.3 Å². The molecule has 0 bridgehead atoms. The van der Waals surface area contributed by atoms with Crippen LogP contribution in [0.5, 0.6) is 17.2 Å². The Labute approximate surface area is 267 Å². The molecule has 0 fully saturated rings. The highest BCUT2D eigenvalue weighted by Gasteiger charge is 2.25. The fourth-order valence-corrected chi connectivity index (χ4v) is 4.36. The van der Waals surface area contributed by atoms with Crippen LogP contribution >= 0.6 is 23.2 Å². The first kappa shape index (κ1) is 34.2. The highest BCUT2D eigenvalue weighted by atomic mass is 35.5. The standard InChI is InChI=1S/C32H36Cl2N4O6/c1-5-42-29-16-22(11-13-28(29)43-19-30(39)36-24-9-7-6-8-10-24)18-35-38-32(41)26(15-20(2)3)37-31(40)21(4)44-27-14-12-23(33)17-25(27)34/h6-14,16-18,20-21,26H,5,15,19H2,1-4H3,(H,36,39)(H,37,40)(H,38,41)/b35-18-/t21-,26+/m1/s1. The number of amides is 3. The van der Waals surface area contributed by atoms with Gasteiger partial charge in [0, 0.05) is 10.7 Å². The van der Waals surface area contributed by atoms with Gasteiger partial charge in [0.25, 0.3) is 17.7 Å². The van der Waals surface area contributed by atoms with Crippen LogP contribution in [0.15, 0.2) is 71.8 Å². The second-order valence-corrected chi connectivity index (χ2v) is 10.9. The summed E-state index contributed by atoms with van der Waals surface area (Å²) in [5, 5.41) is 10.3. The highest BCUT2D eigenvalue weighted by molar-refractivity contribution is 6.35. The normalized spacial score (nSPS) is 12.3. The van der Waals surface area contributed by atoms with Crippen molar-refractivity contribution in [2.75, 3.05) is 18.5 Å². The molecule has 0 aromatic heterocycles. The molecule has 0 saturated heterocycles. The fourth-order valence-electron chi connectivity index (χ4n) is 3.91. The molecule has 0 saturated carbocycles. The molecule has 3 rings (SSSR count). The van der Waals surface area contributed by atoms with E-state index < -0.39 is 24.0 Å². The molecule has 0 aliphatic carbocycles. The van der Waals surface area contributed by atoms with Crippen LogP contribution in [0.4, 0.5) is 5.69 Å². The summed E-state index contributed by atoms with van der Waals surface area (Å²) in [4.78, 5) is 38.1. The summed E-state index contributed by atoms with van der Waals surface area (Å²) >= 11 is 12.1. The number of rotatable bonds is 15. The molecule has 0 aliphatic heterocycles. The van der Waals surface area contributed by atoms with Crippen LogP contribution in [-0.2, 0) is 14.4 Å². The molecule has 0 aliphatic rings. The number of nitrogens with zero attached hydrogens (tertiary/aromatic N) is 1. The number of carbonyl (C=O) groups is 3. The van der Waals surface area contributed by atoms with Crippen molar-refractivity contribution in [3.8, 4) is 17.2 Å². The Morgan fingerprint density at radius 2 is 1.61 bits per heavy atom. The van der Waals surface area contributed by atoms with E-state index in [2.05, 4.69) is 21.2 Å². The van der Waals surface area contributed by atoms with E-state index in [4.69, 9.17) is 37.4 Å². The van der Waals surface area contributed by atoms with Gasteiger partial charge in [-0.3, -0.25) is 14.4 Å². The summed E-state index contributed by atoms with van der Waals surface area (Å²) in [5.74, 6) is -0.101. The van der Waals surface area contributed by atoms with Crippen LogP contribution in [0.25, 0.3) is 0 Å². The van der Waals surface area contributed by atoms with E-state index >= 15 is 0 Å². The average Bonchev–Trinajstić information content (AvgIpc) is 2.98. The SMILES string of the molecule is CCOc1cc(/C=N\NC(=O)[C@H](CC(C)C)NC(=O)[C@@H](C)Oc2ccc(Cl)cc2Cl)ccc1OCC(=O)Nc1ccccc1. The number of para-hydroxylation sites is 1. The zero-order valence-electron chi connectivity index (χ0n) is 24.9. The van der Waals surface area contributed by atoms with Gasteiger partial charge in [-0.1, -0.05) is 55.2 Å². The van der Waals surface area contributed by atoms with Gasteiger partial charge in [-0.15, -0.1) is 0 Å². The number of hydrogen-bond acceptors (Lipinski definition) is 7. The van der Waals surface area contributed by atoms with Crippen LogP contribution in [-0.4, -0.2) is 49.3 Å². The van der Waals surface area contributed by atoms with Crippen molar-refractivity contribution in [2.24, 2.45) is 11.0 Å². The van der Waals surface area contributed by atoms with Gasteiger partial charge in [0.15, 0.2) is 24.2 Å². The third-order valence-electron chi connectivity index (χ3n) is 5.98. The largest absolute Gasteiger partial charge is 0.490 e. The van der Waals surface area contributed by atoms with Crippen molar-refractivity contribution in [1.82, 2.24) is 10.7 Å². The third-order valence-corrected chi connectivity index (χ3v) is 6.51. The highest BCUT2D eigenvalue weighted by Crippen LogP contribution is 2.29. The zero-order chi connectivity index (χ0) is 32.1. The molecule has 0 unspecified atom stereocenters. The molecule has 10 nitrogen and oxygen atoms in total. The molecule has 234 valence electrons. The minimum absolute atomic E-state index is 0.105. The van der Waals surface area contributed by atoms with Gasteiger partial charge in [0.2, 0.25) is 0 Å². The smallest absolute Gasteiger partial charge is 0.262 e. The van der Waals surface area contributed by atoms with Crippen molar-refractivity contribution < 1.29 is 28.6 Å². The van der Waals surface area contributed by atoms with E-state index in [1.807, 2.05) is 39.0 Å².